The number of rotatable bonds is 8. The number of aliphatic carboxylic acids is 1. The Balaban J connectivity index is 2.19. The molecule has 1 amide bonds. The van der Waals surface area contributed by atoms with Gasteiger partial charge in [-0.25, -0.2) is 9.59 Å². The van der Waals surface area contributed by atoms with Gasteiger partial charge in [-0.15, -0.1) is 0 Å². The number of ether oxygens (including phenoxy) is 1. The molecule has 0 saturated heterocycles. The van der Waals surface area contributed by atoms with Crippen LogP contribution < -0.4 is 15.7 Å². The Bertz CT molecular complexity index is 886. The Labute approximate surface area is 157 Å². The number of hydrogen-bond donors (Lipinski definition) is 2. The molecule has 0 spiro atoms. The van der Waals surface area contributed by atoms with Crippen LogP contribution in [0.5, 0.6) is 5.75 Å². The Morgan fingerprint density at radius 3 is 2.52 bits per heavy atom. The lowest BCUT2D eigenvalue weighted by atomic mass is 10.0. The molecule has 1 unspecified atom stereocenters. The van der Waals surface area contributed by atoms with Crippen molar-refractivity contribution >= 4 is 22.8 Å². The van der Waals surface area contributed by atoms with E-state index < -0.39 is 29.6 Å². The van der Waals surface area contributed by atoms with E-state index in [0.717, 1.165) is 23.8 Å². The van der Waals surface area contributed by atoms with Gasteiger partial charge in [0.2, 0.25) is 0 Å². The summed E-state index contributed by atoms with van der Waals surface area (Å²) in [7, 11) is 0. The predicted octanol–water partition coefficient (Wildman–Crippen LogP) is 2.74. The fourth-order valence-corrected chi connectivity index (χ4v) is 2.80. The van der Waals surface area contributed by atoms with Crippen LogP contribution in [0.3, 0.4) is 0 Å². The van der Waals surface area contributed by atoms with Crippen LogP contribution in [-0.2, 0) is 16.0 Å². The summed E-state index contributed by atoms with van der Waals surface area (Å²) in [5.41, 5.74) is 0.860. The second kappa shape index (κ2) is 8.70. The Morgan fingerprint density at radius 1 is 1.22 bits per heavy atom. The number of nitrogens with one attached hydrogen (secondary N) is 1. The van der Waals surface area contributed by atoms with Crippen molar-refractivity contribution < 1.29 is 23.8 Å². The third-order valence-electron chi connectivity index (χ3n) is 4.23. The van der Waals surface area contributed by atoms with Crippen LogP contribution in [0, 0.1) is 5.92 Å². The third-order valence-corrected chi connectivity index (χ3v) is 4.23. The number of fused-ring (bicyclic) bond motifs is 1. The number of carboxylic acids is 1. The summed E-state index contributed by atoms with van der Waals surface area (Å²) in [6.07, 6.45) is 0.746. The molecule has 0 fully saturated rings. The number of carbonyl (C=O) groups excluding carboxylic acids is 1. The summed E-state index contributed by atoms with van der Waals surface area (Å²) in [4.78, 5) is 35.2. The van der Waals surface area contributed by atoms with Crippen molar-refractivity contribution in [3.63, 3.8) is 0 Å². The first-order chi connectivity index (χ1) is 12.7. The Hall–Kier alpha value is -2.83. The molecule has 27 heavy (non-hydrogen) atoms. The molecule has 0 saturated carbocycles. The van der Waals surface area contributed by atoms with Crippen molar-refractivity contribution in [2.45, 2.75) is 52.7 Å². The molecular formula is C20H25NO6. The molecule has 1 aromatic carbocycles. The van der Waals surface area contributed by atoms with Gasteiger partial charge in [-0.2, -0.15) is 0 Å². The number of benzene rings is 1. The molecule has 2 N–H and O–H groups in total. The quantitative estimate of drug-likeness (QED) is 0.687. The zero-order valence-electron chi connectivity index (χ0n) is 15.9. The van der Waals surface area contributed by atoms with Gasteiger partial charge in [-0.05, 0) is 37.0 Å². The van der Waals surface area contributed by atoms with Crippen molar-refractivity contribution in [1.82, 2.24) is 5.32 Å². The standard InChI is InChI=1S/C20H25NO6/c1-5-6-13-9-17(22)27-16-10-14(7-8-15(13)16)26-12(4)19(23)21-18(11(2)3)20(24)25/h7-12,18H,5-6H2,1-4H3,(H,21,23)(H,24,25)/t12?,18-/m0/s1. The predicted molar refractivity (Wildman–Crippen MR) is 101 cm³/mol. The highest BCUT2D eigenvalue weighted by atomic mass is 16.5. The van der Waals surface area contributed by atoms with Crippen molar-refractivity contribution in [3.8, 4) is 5.75 Å². The number of amides is 1. The number of carboxylic acid groups (broad SMARTS) is 1. The molecule has 1 aromatic heterocycles. The van der Waals surface area contributed by atoms with Gasteiger partial charge in [0.1, 0.15) is 17.4 Å². The molecule has 1 heterocycles. The van der Waals surface area contributed by atoms with E-state index in [0.29, 0.717) is 11.3 Å². The fraction of sp³-hybridized carbons (Fsp3) is 0.450. The average Bonchev–Trinajstić information content (AvgIpc) is 2.58. The smallest absolute Gasteiger partial charge is 0.336 e. The minimum absolute atomic E-state index is 0.259. The molecule has 0 aliphatic rings. The van der Waals surface area contributed by atoms with Crippen LogP contribution in [0.4, 0.5) is 0 Å². The highest BCUT2D eigenvalue weighted by Crippen LogP contribution is 2.24. The average molecular weight is 375 g/mol. The third kappa shape index (κ3) is 5.09. The largest absolute Gasteiger partial charge is 0.481 e. The summed E-state index contributed by atoms with van der Waals surface area (Å²) in [5, 5.41) is 12.5. The second-order valence-electron chi connectivity index (χ2n) is 6.83. The zero-order valence-corrected chi connectivity index (χ0v) is 15.9. The molecule has 2 aromatic rings. The van der Waals surface area contributed by atoms with E-state index in [2.05, 4.69) is 5.32 Å². The minimum Gasteiger partial charge on any atom is -0.481 e. The van der Waals surface area contributed by atoms with Crippen LogP contribution in [0.15, 0.2) is 33.5 Å². The highest BCUT2D eigenvalue weighted by Gasteiger charge is 2.26. The normalized spacial score (nSPS) is 13.4. The summed E-state index contributed by atoms with van der Waals surface area (Å²) in [6, 6.07) is 5.55. The fourth-order valence-electron chi connectivity index (χ4n) is 2.80. The molecule has 2 atom stereocenters. The first-order valence-electron chi connectivity index (χ1n) is 8.99. The van der Waals surface area contributed by atoms with E-state index in [1.807, 2.05) is 6.92 Å². The minimum atomic E-state index is -1.10. The van der Waals surface area contributed by atoms with E-state index in [-0.39, 0.29) is 5.92 Å². The van der Waals surface area contributed by atoms with Gasteiger partial charge >= 0.3 is 11.6 Å². The molecule has 0 aliphatic heterocycles. The van der Waals surface area contributed by atoms with Crippen molar-refractivity contribution in [2.24, 2.45) is 5.92 Å². The number of aryl methyl sites for hydroxylation is 1. The van der Waals surface area contributed by atoms with E-state index in [1.165, 1.54) is 13.0 Å². The maximum atomic E-state index is 12.3. The van der Waals surface area contributed by atoms with Crippen molar-refractivity contribution in [3.05, 3.63) is 40.2 Å². The van der Waals surface area contributed by atoms with E-state index >= 15 is 0 Å². The highest BCUT2D eigenvalue weighted by molar-refractivity contribution is 5.86. The number of hydrogen-bond acceptors (Lipinski definition) is 5. The summed E-state index contributed by atoms with van der Waals surface area (Å²) in [5.74, 6) is -1.53. The first-order valence-corrected chi connectivity index (χ1v) is 8.99. The first kappa shape index (κ1) is 20.5. The molecule has 2 rings (SSSR count). The molecule has 0 aliphatic carbocycles. The summed E-state index contributed by atoms with van der Waals surface area (Å²) in [6.45, 7) is 6.98. The van der Waals surface area contributed by atoms with Crippen molar-refractivity contribution in [1.29, 1.82) is 0 Å². The number of carbonyl (C=O) groups is 2. The Kier molecular flexibility index (Phi) is 6.60. The van der Waals surface area contributed by atoms with E-state index in [9.17, 15) is 19.5 Å². The maximum absolute atomic E-state index is 12.3. The van der Waals surface area contributed by atoms with Gasteiger partial charge in [0, 0.05) is 17.5 Å². The zero-order chi connectivity index (χ0) is 20.1. The molecule has 7 nitrogen and oxygen atoms in total. The van der Waals surface area contributed by atoms with Crippen LogP contribution >= 0.6 is 0 Å². The summed E-state index contributed by atoms with van der Waals surface area (Å²) >= 11 is 0. The Morgan fingerprint density at radius 2 is 1.93 bits per heavy atom. The molecule has 0 bridgehead atoms. The lowest BCUT2D eigenvalue weighted by Crippen LogP contribution is -2.48. The van der Waals surface area contributed by atoms with Gasteiger partial charge < -0.3 is 19.6 Å². The van der Waals surface area contributed by atoms with Crippen molar-refractivity contribution in [2.75, 3.05) is 0 Å². The van der Waals surface area contributed by atoms with E-state index in [1.54, 1.807) is 32.0 Å². The monoisotopic (exact) mass is 375 g/mol. The maximum Gasteiger partial charge on any atom is 0.336 e. The lowest BCUT2D eigenvalue weighted by Gasteiger charge is -2.21. The van der Waals surface area contributed by atoms with Crippen LogP contribution in [0.2, 0.25) is 0 Å². The van der Waals surface area contributed by atoms with Gasteiger partial charge in [-0.1, -0.05) is 27.2 Å². The molecule has 146 valence electrons. The van der Waals surface area contributed by atoms with E-state index in [4.69, 9.17) is 9.15 Å². The second-order valence-corrected chi connectivity index (χ2v) is 6.83. The molecular weight excluding hydrogens is 350 g/mol. The van der Waals surface area contributed by atoms with Gasteiger partial charge in [0.05, 0.1) is 0 Å². The van der Waals surface area contributed by atoms with Gasteiger partial charge in [0.15, 0.2) is 6.10 Å². The molecule has 7 heteroatoms. The van der Waals surface area contributed by atoms with Crippen LogP contribution in [0.25, 0.3) is 11.0 Å². The van der Waals surface area contributed by atoms with Gasteiger partial charge in [0.25, 0.3) is 5.91 Å². The summed E-state index contributed by atoms with van der Waals surface area (Å²) < 4.78 is 10.9. The topological polar surface area (TPSA) is 106 Å². The molecule has 0 radical (unpaired) electrons. The lowest BCUT2D eigenvalue weighted by molar-refractivity contribution is -0.144. The SMILES string of the molecule is CCCc1cc(=O)oc2cc(OC(C)C(=O)N[C@H](C(=O)O)C(C)C)ccc12. The van der Waals surface area contributed by atoms with Crippen LogP contribution in [-0.4, -0.2) is 29.1 Å². The van der Waals surface area contributed by atoms with Gasteiger partial charge in [-0.3, -0.25) is 4.79 Å². The van der Waals surface area contributed by atoms with Crippen LogP contribution in [0.1, 0.15) is 39.7 Å².